The monoisotopic (exact) mass is 476 g/mol. The van der Waals surface area contributed by atoms with Gasteiger partial charge in [0.25, 0.3) is 0 Å². The van der Waals surface area contributed by atoms with Gasteiger partial charge < -0.3 is 14.6 Å². The third-order valence-corrected chi connectivity index (χ3v) is 6.93. The summed E-state index contributed by atoms with van der Waals surface area (Å²) in [5, 5.41) is 10.9. The minimum absolute atomic E-state index is 0.0499. The van der Waals surface area contributed by atoms with Gasteiger partial charge in [-0.15, -0.1) is 0 Å². The van der Waals surface area contributed by atoms with Gasteiger partial charge in [0.2, 0.25) is 23.1 Å². The van der Waals surface area contributed by atoms with Gasteiger partial charge in [-0.1, -0.05) is 58.1 Å². The lowest BCUT2D eigenvalue weighted by Gasteiger charge is -2.25. The molecular weight excluding hydrogens is 428 g/mol. The average molecular weight is 477 g/mol. The van der Waals surface area contributed by atoms with Crippen LogP contribution in [0.2, 0.25) is 0 Å². The van der Waals surface area contributed by atoms with E-state index in [1.165, 1.54) is 51.9 Å². The Labute approximate surface area is 207 Å². The lowest BCUT2D eigenvalue weighted by molar-refractivity contribution is -0.121. The molecule has 0 aliphatic heterocycles. The van der Waals surface area contributed by atoms with Gasteiger partial charge in [-0.25, -0.2) is 0 Å². The van der Waals surface area contributed by atoms with E-state index in [9.17, 15) is 14.7 Å². The molecule has 5 nitrogen and oxygen atoms in total. The number of carbonyl (C=O) groups excluding carboxylic acids is 2. The molecule has 2 atom stereocenters. The molecular formula is C29H48O5. The van der Waals surface area contributed by atoms with E-state index in [-0.39, 0.29) is 23.1 Å². The number of ketones is 2. The van der Waals surface area contributed by atoms with E-state index in [4.69, 9.17) is 9.47 Å². The molecule has 0 saturated heterocycles. The number of carbonyl (C=O) groups is 2. The highest BCUT2D eigenvalue weighted by Crippen LogP contribution is 2.31. The van der Waals surface area contributed by atoms with Crippen LogP contribution in [0.4, 0.5) is 0 Å². The molecule has 1 rings (SSSR count). The van der Waals surface area contributed by atoms with E-state index >= 15 is 0 Å². The molecule has 34 heavy (non-hydrogen) atoms. The molecule has 2 unspecified atom stereocenters. The second-order valence-corrected chi connectivity index (χ2v) is 10.7. The largest absolute Gasteiger partial charge is 0.489 e. The van der Waals surface area contributed by atoms with Crippen LogP contribution in [0.5, 0.6) is 0 Å². The minimum Gasteiger partial charge on any atom is -0.489 e. The zero-order valence-electron chi connectivity index (χ0n) is 22.9. The molecule has 0 amide bonds. The summed E-state index contributed by atoms with van der Waals surface area (Å²) in [4.78, 5) is 25.3. The van der Waals surface area contributed by atoms with Gasteiger partial charge in [-0.3, -0.25) is 9.59 Å². The third-order valence-electron chi connectivity index (χ3n) is 6.93. The van der Waals surface area contributed by atoms with E-state index in [1.807, 2.05) is 0 Å². The summed E-state index contributed by atoms with van der Waals surface area (Å²) in [5.74, 6) is 0.812. The fraction of sp³-hybridized carbons (Fsp3) is 0.724. The zero-order valence-corrected chi connectivity index (χ0v) is 22.9. The molecule has 0 fully saturated rings. The average Bonchev–Trinajstić information content (AvgIpc) is 2.75. The van der Waals surface area contributed by atoms with E-state index in [1.54, 1.807) is 13.8 Å². The highest BCUT2D eigenvalue weighted by atomic mass is 16.5. The Morgan fingerprint density at radius 3 is 2.15 bits per heavy atom. The number of Topliss-reactive ketones (excluding diaryl/α,β-unsaturated/α-hetero) is 2. The summed E-state index contributed by atoms with van der Waals surface area (Å²) in [7, 11) is 2.71. The topological polar surface area (TPSA) is 72.8 Å². The van der Waals surface area contributed by atoms with Crippen molar-refractivity contribution in [1.29, 1.82) is 0 Å². The molecule has 1 N–H and O–H groups in total. The fourth-order valence-electron chi connectivity index (χ4n) is 4.49. The van der Waals surface area contributed by atoms with Gasteiger partial charge in [0.15, 0.2) is 0 Å². The van der Waals surface area contributed by atoms with Crippen molar-refractivity contribution >= 4 is 11.6 Å². The summed E-state index contributed by atoms with van der Waals surface area (Å²) in [6, 6.07) is 0. The number of ether oxygens (including phenoxy) is 2. The standard InChI is InChI=1S/C29H48O5/c1-20(2)12-9-13-21(3)14-10-15-22(4)16-11-18-29(6,32)19-17-24-23(5)25(30)27(33-7)28(34-8)26(24)31/h16,20-21,32H,9-15,17-19H2,1-8H3. The molecule has 0 radical (unpaired) electrons. The molecule has 0 bridgehead atoms. The Bertz CT molecular complexity index is 782. The van der Waals surface area contributed by atoms with Gasteiger partial charge >= 0.3 is 0 Å². The van der Waals surface area contributed by atoms with Gasteiger partial charge in [0.1, 0.15) is 0 Å². The Morgan fingerprint density at radius 1 is 0.971 bits per heavy atom. The van der Waals surface area contributed by atoms with Crippen molar-refractivity contribution in [2.45, 2.75) is 111 Å². The second kappa shape index (κ2) is 14.5. The summed E-state index contributed by atoms with van der Waals surface area (Å²) in [6.45, 7) is 12.5. The molecule has 0 saturated carbocycles. The molecule has 1 aliphatic rings. The van der Waals surface area contributed by atoms with Gasteiger partial charge in [0.05, 0.1) is 19.8 Å². The number of rotatable bonds is 16. The highest BCUT2D eigenvalue weighted by molar-refractivity contribution is 6.23. The van der Waals surface area contributed by atoms with Crippen molar-refractivity contribution in [2.75, 3.05) is 14.2 Å². The fourth-order valence-corrected chi connectivity index (χ4v) is 4.49. The van der Waals surface area contributed by atoms with Gasteiger partial charge in [-0.05, 0) is 71.1 Å². The number of hydrogen-bond acceptors (Lipinski definition) is 5. The predicted molar refractivity (Wildman–Crippen MR) is 138 cm³/mol. The van der Waals surface area contributed by atoms with E-state index in [2.05, 4.69) is 33.8 Å². The molecule has 194 valence electrons. The van der Waals surface area contributed by atoms with Crippen molar-refractivity contribution in [1.82, 2.24) is 0 Å². The van der Waals surface area contributed by atoms with Gasteiger partial charge in [-0.2, -0.15) is 0 Å². The van der Waals surface area contributed by atoms with Crippen LogP contribution < -0.4 is 0 Å². The minimum atomic E-state index is -0.920. The van der Waals surface area contributed by atoms with Gasteiger partial charge in [0, 0.05) is 11.1 Å². The Morgan fingerprint density at radius 2 is 1.56 bits per heavy atom. The summed E-state index contributed by atoms with van der Waals surface area (Å²) in [5.41, 5.74) is 1.22. The number of allylic oxidation sites excluding steroid dienone is 4. The van der Waals surface area contributed by atoms with Crippen LogP contribution in [-0.4, -0.2) is 36.5 Å². The number of hydrogen-bond donors (Lipinski definition) is 1. The van der Waals surface area contributed by atoms with Crippen molar-refractivity contribution in [3.8, 4) is 0 Å². The van der Waals surface area contributed by atoms with E-state index in [0.717, 1.165) is 24.7 Å². The first kappa shape index (κ1) is 30.2. The van der Waals surface area contributed by atoms with Crippen LogP contribution >= 0.6 is 0 Å². The first-order chi connectivity index (χ1) is 15.9. The van der Waals surface area contributed by atoms with Crippen molar-refractivity contribution in [3.63, 3.8) is 0 Å². The van der Waals surface area contributed by atoms with Crippen LogP contribution in [-0.2, 0) is 19.1 Å². The molecule has 0 heterocycles. The Hall–Kier alpha value is -1.88. The first-order valence-electron chi connectivity index (χ1n) is 12.9. The van der Waals surface area contributed by atoms with E-state index in [0.29, 0.717) is 30.4 Å². The maximum absolute atomic E-state index is 12.8. The molecule has 0 aromatic rings. The first-order valence-corrected chi connectivity index (χ1v) is 12.9. The number of methoxy groups -OCH3 is 2. The Kier molecular flexibility index (Phi) is 12.9. The Balaban J connectivity index is 2.49. The molecule has 0 spiro atoms. The summed E-state index contributed by atoms with van der Waals surface area (Å²) >= 11 is 0. The normalized spacial score (nSPS) is 18.0. The predicted octanol–water partition coefficient (Wildman–Crippen LogP) is 6.85. The third kappa shape index (κ3) is 9.77. The molecule has 1 aliphatic carbocycles. The summed E-state index contributed by atoms with van der Waals surface area (Å²) < 4.78 is 10.2. The van der Waals surface area contributed by atoms with Crippen molar-refractivity contribution in [2.24, 2.45) is 11.8 Å². The zero-order chi connectivity index (χ0) is 25.9. The molecule has 0 aromatic carbocycles. The van der Waals surface area contributed by atoms with Crippen LogP contribution in [0.15, 0.2) is 34.3 Å². The van der Waals surface area contributed by atoms with Crippen LogP contribution in [0, 0.1) is 11.8 Å². The molecule has 5 heteroatoms. The van der Waals surface area contributed by atoms with E-state index < -0.39 is 5.60 Å². The maximum Gasteiger partial charge on any atom is 0.228 e. The van der Waals surface area contributed by atoms with Crippen LogP contribution in [0.25, 0.3) is 0 Å². The van der Waals surface area contributed by atoms with Crippen molar-refractivity contribution < 1.29 is 24.2 Å². The maximum atomic E-state index is 12.8. The smallest absolute Gasteiger partial charge is 0.228 e. The number of aliphatic hydroxyl groups is 1. The van der Waals surface area contributed by atoms with Crippen molar-refractivity contribution in [3.05, 3.63) is 34.3 Å². The SMILES string of the molecule is COC1=C(OC)C(=O)C(CCC(C)(O)CCC=C(C)CCCC(C)CCCC(C)C)=C(C)C1=O. The van der Waals surface area contributed by atoms with Crippen LogP contribution in [0.3, 0.4) is 0 Å². The lowest BCUT2D eigenvalue weighted by atomic mass is 9.85. The lowest BCUT2D eigenvalue weighted by Crippen LogP contribution is -2.28. The van der Waals surface area contributed by atoms with Crippen LogP contribution in [0.1, 0.15) is 106 Å². The molecule has 0 aromatic heterocycles. The highest BCUT2D eigenvalue weighted by Gasteiger charge is 2.35. The summed E-state index contributed by atoms with van der Waals surface area (Å²) in [6.07, 6.45) is 11.9. The quantitative estimate of drug-likeness (QED) is 0.195. The second-order valence-electron chi connectivity index (χ2n) is 10.7.